The Morgan fingerprint density at radius 2 is 2.35 bits per heavy atom. The maximum Gasteiger partial charge on any atom is 0.123 e. The van der Waals surface area contributed by atoms with Crippen LogP contribution in [-0.2, 0) is 6.54 Å². The SMILES string of the molecule is CCN(Cc1cc(F)ccc1Cl)C1CCNC1. The molecule has 0 bridgehead atoms. The molecule has 1 N–H and O–H groups in total. The zero-order valence-electron chi connectivity index (χ0n) is 10.0. The highest BCUT2D eigenvalue weighted by Crippen LogP contribution is 2.21. The first-order valence-electron chi connectivity index (χ1n) is 6.09. The number of rotatable bonds is 4. The van der Waals surface area contributed by atoms with Crippen LogP contribution < -0.4 is 5.32 Å². The third-order valence-corrected chi connectivity index (χ3v) is 3.71. The van der Waals surface area contributed by atoms with Gasteiger partial charge in [0.1, 0.15) is 5.82 Å². The molecule has 0 aromatic heterocycles. The van der Waals surface area contributed by atoms with Gasteiger partial charge in [0.15, 0.2) is 0 Å². The molecule has 1 aromatic carbocycles. The van der Waals surface area contributed by atoms with Gasteiger partial charge in [-0.1, -0.05) is 18.5 Å². The molecule has 2 nitrogen and oxygen atoms in total. The van der Waals surface area contributed by atoms with E-state index in [0.29, 0.717) is 11.1 Å². The van der Waals surface area contributed by atoms with Crippen molar-refractivity contribution >= 4 is 11.6 Å². The highest BCUT2D eigenvalue weighted by molar-refractivity contribution is 6.31. The molecule has 4 heteroatoms. The van der Waals surface area contributed by atoms with Crippen molar-refractivity contribution in [1.29, 1.82) is 0 Å². The summed E-state index contributed by atoms with van der Waals surface area (Å²) in [4.78, 5) is 2.35. The van der Waals surface area contributed by atoms with E-state index in [1.54, 1.807) is 6.07 Å². The fourth-order valence-corrected chi connectivity index (χ4v) is 2.51. The minimum Gasteiger partial charge on any atom is -0.315 e. The summed E-state index contributed by atoms with van der Waals surface area (Å²) in [5.74, 6) is -0.218. The second-order valence-electron chi connectivity index (χ2n) is 4.45. The van der Waals surface area contributed by atoms with Gasteiger partial charge in [0.25, 0.3) is 0 Å². The van der Waals surface area contributed by atoms with Crippen molar-refractivity contribution in [1.82, 2.24) is 10.2 Å². The highest BCUT2D eigenvalue weighted by atomic mass is 35.5. The van der Waals surface area contributed by atoms with Crippen LogP contribution in [-0.4, -0.2) is 30.6 Å². The van der Waals surface area contributed by atoms with E-state index in [4.69, 9.17) is 11.6 Å². The Morgan fingerprint density at radius 1 is 1.53 bits per heavy atom. The molecule has 1 fully saturated rings. The Hall–Kier alpha value is -0.640. The van der Waals surface area contributed by atoms with Crippen molar-refractivity contribution in [3.8, 4) is 0 Å². The first-order chi connectivity index (χ1) is 8.20. The van der Waals surface area contributed by atoms with Gasteiger partial charge in [0.05, 0.1) is 0 Å². The molecule has 0 spiro atoms. The number of hydrogen-bond acceptors (Lipinski definition) is 2. The Bertz CT molecular complexity index is 378. The molecule has 1 heterocycles. The number of likely N-dealkylation sites (N-methyl/N-ethyl adjacent to an activating group) is 1. The van der Waals surface area contributed by atoms with Gasteiger partial charge in [-0.2, -0.15) is 0 Å². The first kappa shape index (κ1) is 12.8. The zero-order chi connectivity index (χ0) is 12.3. The summed E-state index contributed by atoms with van der Waals surface area (Å²) in [6.07, 6.45) is 1.15. The number of nitrogens with one attached hydrogen (secondary N) is 1. The summed E-state index contributed by atoms with van der Waals surface area (Å²) in [6, 6.07) is 5.11. The lowest BCUT2D eigenvalue weighted by molar-refractivity contribution is 0.210. The monoisotopic (exact) mass is 256 g/mol. The average Bonchev–Trinajstić information content (AvgIpc) is 2.84. The third kappa shape index (κ3) is 3.18. The van der Waals surface area contributed by atoms with E-state index in [1.807, 2.05) is 0 Å². The lowest BCUT2D eigenvalue weighted by atomic mass is 10.1. The zero-order valence-corrected chi connectivity index (χ0v) is 10.8. The van der Waals surface area contributed by atoms with Crippen molar-refractivity contribution in [2.45, 2.75) is 25.9 Å². The summed E-state index contributed by atoms with van der Waals surface area (Å²) >= 11 is 6.09. The van der Waals surface area contributed by atoms with Crippen LogP contribution in [0.1, 0.15) is 18.9 Å². The lowest BCUT2D eigenvalue weighted by Gasteiger charge is -2.27. The molecule has 94 valence electrons. The first-order valence-corrected chi connectivity index (χ1v) is 6.47. The Balaban J connectivity index is 2.09. The molecule has 17 heavy (non-hydrogen) atoms. The quantitative estimate of drug-likeness (QED) is 0.891. The normalized spacial score (nSPS) is 20.1. The van der Waals surface area contributed by atoms with Crippen molar-refractivity contribution in [2.24, 2.45) is 0 Å². The van der Waals surface area contributed by atoms with Crippen molar-refractivity contribution in [3.63, 3.8) is 0 Å². The predicted octanol–water partition coefficient (Wildman–Crippen LogP) is 2.66. The second-order valence-corrected chi connectivity index (χ2v) is 4.85. The van der Waals surface area contributed by atoms with Gasteiger partial charge < -0.3 is 5.32 Å². The van der Waals surface area contributed by atoms with Gasteiger partial charge >= 0.3 is 0 Å². The molecule has 1 aromatic rings. The second kappa shape index (κ2) is 5.80. The molecule has 0 saturated carbocycles. The van der Waals surface area contributed by atoms with E-state index in [2.05, 4.69) is 17.1 Å². The molecule has 1 atom stereocenters. The third-order valence-electron chi connectivity index (χ3n) is 3.34. The van der Waals surface area contributed by atoms with Crippen LogP contribution >= 0.6 is 11.6 Å². The van der Waals surface area contributed by atoms with Gasteiger partial charge in [-0.25, -0.2) is 4.39 Å². The number of benzene rings is 1. The van der Waals surface area contributed by atoms with Crippen LogP contribution in [0.3, 0.4) is 0 Å². The predicted molar refractivity (Wildman–Crippen MR) is 68.8 cm³/mol. The lowest BCUT2D eigenvalue weighted by Crippen LogP contribution is -2.36. The summed E-state index contributed by atoms with van der Waals surface area (Å²) in [5.41, 5.74) is 0.875. The van der Waals surface area contributed by atoms with E-state index < -0.39 is 0 Å². The highest BCUT2D eigenvalue weighted by Gasteiger charge is 2.21. The summed E-state index contributed by atoms with van der Waals surface area (Å²) in [7, 11) is 0. The number of hydrogen-bond donors (Lipinski definition) is 1. The van der Waals surface area contributed by atoms with Crippen LogP contribution in [0.5, 0.6) is 0 Å². The molecular weight excluding hydrogens is 239 g/mol. The van der Waals surface area contributed by atoms with Gasteiger partial charge in [-0.3, -0.25) is 4.90 Å². The molecule has 2 rings (SSSR count). The van der Waals surface area contributed by atoms with Crippen molar-refractivity contribution in [2.75, 3.05) is 19.6 Å². The van der Waals surface area contributed by atoms with Gasteiger partial charge in [0.2, 0.25) is 0 Å². The van der Waals surface area contributed by atoms with Crippen molar-refractivity contribution < 1.29 is 4.39 Å². The molecule has 1 saturated heterocycles. The van der Waals surface area contributed by atoms with Crippen LogP contribution in [0.15, 0.2) is 18.2 Å². The summed E-state index contributed by atoms with van der Waals surface area (Å²) in [6.45, 7) is 5.89. The number of halogens is 2. The fourth-order valence-electron chi connectivity index (χ4n) is 2.33. The molecule has 0 amide bonds. The number of nitrogens with zero attached hydrogens (tertiary/aromatic N) is 1. The van der Waals surface area contributed by atoms with E-state index in [-0.39, 0.29) is 5.82 Å². The van der Waals surface area contributed by atoms with Crippen LogP contribution in [0.25, 0.3) is 0 Å². The summed E-state index contributed by atoms with van der Waals surface area (Å²) in [5, 5.41) is 4.00. The minimum absolute atomic E-state index is 0.218. The molecule has 1 aliphatic rings. The van der Waals surface area contributed by atoms with E-state index >= 15 is 0 Å². The molecule has 0 radical (unpaired) electrons. The largest absolute Gasteiger partial charge is 0.315 e. The van der Waals surface area contributed by atoms with E-state index in [1.165, 1.54) is 12.1 Å². The maximum atomic E-state index is 13.2. The Morgan fingerprint density at radius 3 is 3.00 bits per heavy atom. The average molecular weight is 257 g/mol. The van der Waals surface area contributed by atoms with E-state index in [0.717, 1.165) is 38.2 Å². The fraction of sp³-hybridized carbons (Fsp3) is 0.538. The van der Waals surface area contributed by atoms with Crippen LogP contribution in [0, 0.1) is 5.82 Å². The maximum absolute atomic E-state index is 13.2. The Labute approximate surface area is 107 Å². The molecular formula is C13H18ClFN2. The van der Waals surface area contributed by atoms with Crippen molar-refractivity contribution in [3.05, 3.63) is 34.6 Å². The van der Waals surface area contributed by atoms with Crippen LogP contribution in [0.4, 0.5) is 4.39 Å². The van der Waals surface area contributed by atoms with Gasteiger partial charge in [0, 0.05) is 24.2 Å². The topological polar surface area (TPSA) is 15.3 Å². The summed E-state index contributed by atoms with van der Waals surface area (Å²) < 4.78 is 13.2. The molecule has 0 aliphatic carbocycles. The molecule has 1 aliphatic heterocycles. The smallest absolute Gasteiger partial charge is 0.123 e. The molecule has 1 unspecified atom stereocenters. The Kier molecular flexibility index (Phi) is 4.37. The van der Waals surface area contributed by atoms with Gasteiger partial charge in [-0.15, -0.1) is 0 Å². The standard InChI is InChI=1S/C13H18ClFN2/c1-2-17(12-5-6-16-8-12)9-10-7-11(15)3-4-13(10)14/h3-4,7,12,16H,2,5-6,8-9H2,1H3. The van der Waals surface area contributed by atoms with Gasteiger partial charge in [-0.05, 0) is 43.3 Å². The minimum atomic E-state index is -0.218. The van der Waals surface area contributed by atoms with Crippen LogP contribution in [0.2, 0.25) is 5.02 Å². The van der Waals surface area contributed by atoms with E-state index in [9.17, 15) is 4.39 Å².